The highest BCUT2D eigenvalue weighted by Crippen LogP contribution is 2.43. The topological polar surface area (TPSA) is 153 Å². The molecule has 0 bridgehead atoms. The van der Waals surface area contributed by atoms with Crippen molar-refractivity contribution in [2.75, 3.05) is 20.3 Å². The second-order valence-electron chi connectivity index (χ2n) is 7.55. The Morgan fingerprint density at radius 2 is 1.90 bits per heavy atom. The SMILES string of the molecule is CCO[C@@H]1C[C@@H]2C(C(=O)OC)=CO[C@H](O[C@@H]3O[C@H](CO)[C@@H](O)[C@H](O)[C@H]3O)[C@@H]2[C@@H](C)O1. The second-order valence-corrected chi connectivity index (χ2v) is 7.55. The minimum absolute atomic E-state index is 0.316. The van der Waals surface area contributed by atoms with Gasteiger partial charge in [0.1, 0.15) is 24.4 Å². The van der Waals surface area contributed by atoms with E-state index in [1.807, 2.05) is 6.92 Å². The van der Waals surface area contributed by atoms with E-state index < -0.39 is 67.9 Å². The van der Waals surface area contributed by atoms with Gasteiger partial charge in [-0.2, -0.15) is 0 Å². The van der Waals surface area contributed by atoms with Crippen LogP contribution in [0.25, 0.3) is 0 Å². The number of ether oxygens (including phenoxy) is 6. The predicted molar refractivity (Wildman–Crippen MR) is 97.4 cm³/mol. The van der Waals surface area contributed by atoms with E-state index in [-0.39, 0.29) is 5.92 Å². The van der Waals surface area contributed by atoms with Gasteiger partial charge in [-0.15, -0.1) is 0 Å². The largest absolute Gasteiger partial charge is 0.471 e. The summed E-state index contributed by atoms with van der Waals surface area (Å²) in [5, 5.41) is 39.6. The highest BCUT2D eigenvalue weighted by atomic mass is 16.8. The maximum atomic E-state index is 12.3. The van der Waals surface area contributed by atoms with Crippen LogP contribution in [0.5, 0.6) is 0 Å². The van der Waals surface area contributed by atoms with Crippen LogP contribution in [0.3, 0.4) is 0 Å². The van der Waals surface area contributed by atoms with Crippen LogP contribution in [0.1, 0.15) is 20.3 Å². The van der Waals surface area contributed by atoms with Gasteiger partial charge < -0.3 is 48.8 Å². The van der Waals surface area contributed by atoms with Gasteiger partial charge in [-0.05, 0) is 13.8 Å². The Morgan fingerprint density at radius 3 is 2.53 bits per heavy atom. The van der Waals surface area contributed by atoms with Crippen molar-refractivity contribution < 1.29 is 53.6 Å². The van der Waals surface area contributed by atoms with Gasteiger partial charge in [0.2, 0.25) is 6.29 Å². The van der Waals surface area contributed by atoms with Crippen LogP contribution in [0, 0.1) is 11.8 Å². The second kappa shape index (κ2) is 9.88. The van der Waals surface area contributed by atoms with Crippen LogP contribution in [0.2, 0.25) is 0 Å². The van der Waals surface area contributed by atoms with Crippen LogP contribution in [0.15, 0.2) is 11.8 Å². The van der Waals surface area contributed by atoms with Crippen molar-refractivity contribution in [1.29, 1.82) is 0 Å². The molecular formula is C19H30O11. The Labute approximate surface area is 174 Å². The highest BCUT2D eigenvalue weighted by molar-refractivity contribution is 5.88. The summed E-state index contributed by atoms with van der Waals surface area (Å²) in [5.41, 5.74) is 0.316. The number of carbonyl (C=O) groups is 1. The predicted octanol–water partition coefficient (Wildman–Crippen LogP) is -1.38. The lowest BCUT2D eigenvalue weighted by molar-refractivity contribution is -0.353. The Morgan fingerprint density at radius 1 is 1.17 bits per heavy atom. The molecule has 0 spiro atoms. The number of hydrogen-bond donors (Lipinski definition) is 4. The van der Waals surface area contributed by atoms with E-state index in [1.165, 1.54) is 13.4 Å². The number of carbonyl (C=O) groups excluding carboxylic acids is 1. The van der Waals surface area contributed by atoms with Crippen LogP contribution < -0.4 is 0 Å². The number of rotatable bonds is 6. The van der Waals surface area contributed by atoms with Crippen LogP contribution in [-0.4, -0.2) is 96.1 Å². The first kappa shape index (κ1) is 23.4. The Hall–Kier alpha value is -1.31. The average Bonchev–Trinajstić information content (AvgIpc) is 2.73. The standard InChI is InChI=1S/C19H30O11/c1-4-26-12-5-9-10(17(24)25-3)7-27-18(13(9)8(2)28-12)30-19-16(23)15(22)14(21)11(6-20)29-19/h7-9,11-16,18-23H,4-6H2,1-3H3/t8-,9-,11-,12+,13-,14-,15+,16-,18-,19+/m1/s1. The summed E-state index contributed by atoms with van der Waals surface area (Å²) in [5.74, 6) is -1.39. The fraction of sp³-hybridized carbons (Fsp3) is 0.842. The average molecular weight is 434 g/mol. The van der Waals surface area contributed by atoms with Gasteiger partial charge in [0, 0.05) is 18.9 Å². The molecule has 3 aliphatic heterocycles. The van der Waals surface area contributed by atoms with Crippen molar-refractivity contribution in [3.05, 3.63) is 11.8 Å². The molecule has 3 rings (SSSR count). The molecule has 3 heterocycles. The molecule has 2 saturated heterocycles. The molecule has 3 aliphatic rings. The molecule has 0 amide bonds. The van der Waals surface area contributed by atoms with E-state index in [4.69, 9.17) is 28.4 Å². The number of hydrogen-bond acceptors (Lipinski definition) is 11. The molecule has 0 radical (unpaired) electrons. The van der Waals surface area contributed by atoms with Gasteiger partial charge in [0.25, 0.3) is 0 Å². The summed E-state index contributed by atoms with van der Waals surface area (Å²) in [6.45, 7) is 3.49. The molecular weight excluding hydrogens is 404 g/mol. The van der Waals surface area contributed by atoms with Crippen molar-refractivity contribution in [2.24, 2.45) is 11.8 Å². The Bertz CT molecular complexity index is 624. The zero-order chi connectivity index (χ0) is 22.0. The van der Waals surface area contributed by atoms with E-state index >= 15 is 0 Å². The van der Waals surface area contributed by atoms with Crippen LogP contribution in [0.4, 0.5) is 0 Å². The summed E-state index contributed by atoms with van der Waals surface area (Å²) in [4.78, 5) is 12.3. The van der Waals surface area contributed by atoms with E-state index in [9.17, 15) is 25.2 Å². The number of aliphatic hydroxyl groups is 4. The van der Waals surface area contributed by atoms with Crippen LogP contribution >= 0.6 is 0 Å². The number of methoxy groups -OCH3 is 1. The number of aliphatic hydroxyl groups excluding tert-OH is 4. The zero-order valence-corrected chi connectivity index (χ0v) is 17.1. The van der Waals surface area contributed by atoms with Gasteiger partial charge in [-0.3, -0.25) is 0 Å². The van der Waals surface area contributed by atoms with Crippen molar-refractivity contribution in [2.45, 2.75) is 69.7 Å². The Balaban J connectivity index is 1.82. The molecule has 0 aliphatic carbocycles. The molecule has 0 saturated carbocycles. The molecule has 2 fully saturated rings. The third kappa shape index (κ3) is 4.48. The third-order valence-corrected chi connectivity index (χ3v) is 5.75. The zero-order valence-electron chi connectivity index (χ0n) is 17.1. The van der Waals surface area contributed by atoms with Gasteiger partial charge >= 0.3 is 5.97 Å². The molecule has 172 valence electrons. The van der Waals surface area contributed by atoms with E-state index in [0.29, 0.717) is 18.6 Å². The maximum Gasteiger partial charge on any atom is 0.337 e. The summed E-state index contributed by atoms with van der Waals surface area (Å²) < 4.78 is 33.2. The summed E-state index contributed by atoms with van der Waals surface area (Å²) in [7, 11) is 1.28. The highest BCUT2D eigenvalue weighted by Gasteiger charge is 2.51. The normalized spacial score (nSPS) is 43.9. The fourth-order valence-electron chi connectivity index (χ4n) is 4.19. The van der Waals surface area contributed by atoms with Gasteiger partial charge in [0.15, 0.2) is 12.6 Å². The third-order valence-electron chi connectivity index (χ3n) is 5.75. The molecule has 11 heteroatoms. The molecule has 0 aromatic heterocycles. The van der Waals surface area contributed by atoms with Crippen molar-refractivity contribution in [1.82, 2.24) is 0 Å². The summed E-state index contributed by atoms with van der Waals surface area (Å²) in [6, 6.07) is 0. The smallest absolute Gasteiger partial charge is 0.337 e. The van der Waals surface area contributed by atoms with Crippen molar-refractivity contribution in [3.63, 3.8) is 0 Å². The first-order chi connectivity index (χ1) is 14.3. The summed E-state index contributed by atoms with van der Waals surface area (Å²) >= 11 is 0. The van der Waals surface area contributed by atoms with Gasteiger partial charge in [-0.25, -0.2) is 4.79 Å². The first-order valence-corrected chi connectivity index (χ1v) is 9.99. The van der Waals surface area contributed by atoms with Crippen LogP contribution in [-0.2, 0) is 33.2 Å². The van der Waals surface area contributed by atoms with Crippen molar-refractivity contribution >= 4 is 5.97 Å². The lowest BCUT2D eigenvalue weighted by Gasteiger charge is -2.47. The molecule has 0 aromatic rings. The first-order valence-electron chi connectivity index (χ1n) is 9.99. The number of esters is 1. The van der Waals surface area contributed by atoms with Gasteiger partial charge in [0.05, 0.1) is 37.6 Å². The van der Waals surface area contributed by atoms with E-state index in [2.05, 4.69) is 0 Å². The molecule has 10 atom stereocenters. The molecule has 4 N–H and O–H groups in total. The Kier molecular flexibility index (Phi) is 7.69. The maximum absolute atomic E-state index is 12.3. The minimum Gasteiger partial charge on any atom is -0.471 e. The molecule has 0 unspecified atom stereocenters. The molecule has 30 heavy (non-hydrogen) atoms. The monoisotopic (exact) mass is 434 g/mol. The quantitative estimate of drug-likeness (QED) is 0.366. The molecule has 11 nitrogen and oxygen atoms in total. The molecule has 0 aromatic carbocycles. The fourth-order valence-corrected chi connectivity index (χ4v) is 4.19. The van der Waals surface area contributed by atoms with E-state index in [0.717, 1.165) is 0 Å². The minimum atomic E-state index is -1.58. The van der Waals surface area contributed by atoms with Crippen molar-refractivity contribution in [3.8, 4) is 0 Å². The lowest BCUT2D eigenvalue weighted by atomic mass is 9.77. The summed E-state index contributed by atoms with van der Waals surface area (Å²) in [6.07, 6.45) is -7.51. The van der Waals surface area contributed by atoms with E-state index in [1.54, 1.807) is 6.92 Å². The van der Waals surface area contributed by atoms with Gasteiger partial charge in [-0.1, -0.05) is 0 Å². The lowest BCUT2D eigenvalue weighted by Crippen LogP contribution is -2.61. The number of fused-ring (bicyclic) bond motifs is 1.